The number of phenols is 1. The first-order valence-corrected chi connectivity index (χ1v) is 4.66. The summed E-state index contributed by atoms with van der Waals surface area (Å²) in [4.78, 5) is 0. The molecule has 0 amide bonds. The van der Waals surface area contributed by atoms with Crippen molar-refractivity contribution >= 4 is 17.1 Å². The zero-order valence-electron chi connectivity index (χ0n) is 8.14. The van der Waals surface area contributed by atoms with Crippen molar-refractivity contribution < 1.29 is 5.11 Å². The number of rotatable bonds is 2. The van der Waals surface area contributed by atoms with Crippen LogP contribution in [0.1, 0.15) is 0 Å². The third-order valence-corrected chi connectivity index (χ3v) is 2.09. The second kappa shape index (κ2) is 3.92. The van der Waals surface area contributed by atoms with Gasteiger partial charge < -0.3 is 16.2 Å². The van der Waals surface area contributed by atoms with Crippen molar-refractivity contribution in [2.45, 2.75) is 0 Å². The highest BCUT2D eigenvalue weighted by Crippen LogP contribution is 2.24. The maximum Gasteiger partial charge on any atom is 0.117 e. The van der Waals surface area contributed by atoms with Gasteiger partial charge in [-0.15, -0.1) is 0 Å². The molecular formula is C12H12N2O. The highest BCUT2D eigenvalue weighted by molar-refractivity contribution is 5.72. The van der Waals surface area contributed by atoms with E-state index in [2.05, 4.69) is 5.32 Å². The molecule has 0 aliphatic carbocycles. The predicted octanol–water partition coefficient (Wildman–Crippen LogP) is 2.72. The molecule has 4 N–H and O–H groups in total. The number of hydrogen-bond acceptors (Lipinski definition) is 3. The molecule has 0 spiro atoms. The van der Waals surface area contributed by atoms with Crippen LogP contribution in [0.15, 0.2) is 48.5 Å². The number of nitrogens with two attached hydrogens (primary N) is 1. The van der Waals surface area contributed by atoms with Gasteiger partial charge in [-0.25, -0.2) is 0 Å². The van der Waals surface area contributed by atoms with Gasteiger partial charge >= 0.3 is 0 Å². The summed E-state index contributed by atoms with van der Waals surface area (Å²) in [7, 11) is 0. The molecule has 76 valence electrons. The van der Waals surface area contributed by atoms with E-state index in [1.807, 2.05) is 30.3 Å². The molecule has 3 nitrogen and oxygen atoms in total. The number of aromatic hydroxyl groups is 1. The lowest BCUT2D eigenvalue weighted by Gasteiger charge is -2.08. The summed E-state index contributed by atoms with van der Waals surface area (Å²) in [5, 5.41) is 12.4. The minimum atomic E-state index is 0.231. The highest BCUT2D eigenvalue weighted by atomic mass is 16.3. The Morgan fingerprint density at radius 3 is 2.53 bits per heavy atom. The van der Waals surface area contributed by atoms with Crippen LogP contribution in [0, 0.1) is 0 Å². The highest BCUT2D eigenvalue weighted by Gasteiger charge is 1.98. The first-order chi connectivity index (χ1) is 7.25. The van der Waals surface area contributed by atoms with E-state index in [-0.39, 0.29) is 5.75 Å². The van der Waals surface area contributed by atoms with Crippen LogP contribution in [0.2, 0.25) is 0 Å². The van der Waals surface area contributed by atoms with Gasteiger partial charge in [0, 0.05) is 11.8 Å². The van der Waals surface area contributed by atoms with Gasteiger partial charge in [0.2, 0.25) is 0 Å². The molecule has 0 atom stereocenters. The average Bonchev–Trinajstić information content (AvgIpc) is 2.22. The lowest BCUT2D eigenvalue weighted by Crippen LogP contribution is -1.95. The molecule has 0 aliphatic rings. The SMILES string of the molecule is Nc1ccccc1Nc1cccc(O)c1. The number of para-hydroxylation sites is 2. The molecule has 3 heteroatoms. The van der Waals surface area contributed by atoms with Gasteiger partial charge in [-0.05, 0) is 24.3 Å². The summed E-state index contributed by atoms with van der Waals surface area (Å²) >= 11 is 0. The molecule has 0 aliphatic heterocycles. The van der Waals surface area contributed by atoms with Crippen molar-refractivity contribution in [1.29, 1.82) is 0 Å². The van der Waals surface area contributed by atoms with Crippen molar-refractivity contribution in [3.05, 3.63) is 48.5 Å². The molecule has 15 heavy (non-hydrogen) atoms. The van der Waals surface area contributed by atoms with E-state index >= 15 is 0 Å². The van der Waals surface area contributed by atoms with Gasteiger partial charge in [-0.3, -0.25) is 0 Å². The summed E-state index contributed by atoms with van der Waals surface area (Å²) in [6.45, 7) is 0. The van der Waals surface area contributed by atoms with Crippen molar-refractivity contribution in [1.82, 2.24) is 0 Å². The fourth-order valence-corrected chi connectivity index (χ4v) is 1.35. The first kappa shape index (κ1) is 9.40. The summed E-state index contributed by atoms with van der Waals surface area (Å²) in [6, 6.07) is 14.4. The Hall–Kier alpha value is -2.16. The lowest BCUT2D eigenvalue weighted by atomic mass is 10.2. The van der Waals surface area contributed by atoms with Crippen molar-refractivity contribution in [2.24, 2.45) is 0 Å². The summed E-state index contributed by atoms with van der Waals surface area (Å²) in [6.07, 6.45) is 0. The van der Waals surface area contributed by atoms with Gasteiger partial charge in [0.25, 0.3) is 0 Å². The van der Waals surface area contributed by atoms with E-state index in [1.165, 1.54) is 0 Å². The molecule has 0 saturated heterocycles. The van der Waals surface area contributed by atoms with Crippen molar-refractivity contribution in [2.75, 3.05) is 11.1 Å². The monoisotopic (exact) mass is 200 g/mol. The average molecular weight is 200 g/mol. The minimum absolute atomic E-state index is 0.231. The quantitative estimate of drug-likeness (QED) is 0.653. The number of anilines is 3. The Balaban J connectivity index is 2.26. The maximum absolute atomic E-state index is 9.29. The normalized spacial score (nSPS) is 9.87. The Kier molecular flexibility index (Phi) is 2.46. The standard InChI is InChI=1S/C12H12N2O/c13-11-6-1-2-7-12(11)14-9-4-3-5-10(15)8-9/h1-8,14-15H,13H2. The molecule has 0 saturated carbocycles. The summed E-state index contributed by atoms with van der Waals surface area (Å²) in [5.74, 6) is 0.231. The van der Waals surface area contributed by atoms with Gasteiger partial charge in [0.05, 0.1) is 11.4 Å². The third-order valence-electron chi connectivity index (χ3n) is 2.09. The Morgan fingerprint density at radius 2 is 1.80 bits per heavy atom. The maximum atomic E-state index is 9.29. The molecule has 0 heterocycles. The van der Waals surface area contributed by atoms with E-state index in [0.717, 1.165) is 11.4 Å². The number of nitrogen functional groups attached to an aromatic ring is 1. The molecule has 2 aromatic rings. The smallest absolute Gasteiger partial charge is 0.117 e. The molecule has 0 unspecified atom stereocenters. The Bertz CT molecular complexity index is 469. The van der Waals surface area contributed by atoms with Crippen molar-refractivity contribution in [3.8, 4) is 5.75 Å². The second-order valence-corrected chi connectivity index (χ2v) is 3.26. The third kappa shape index (κ3) is 2.20. The largest absolute Gasteiger partial charge is 0.508 e. The van der Waals surface area contributed by atoms with Gasteiger partial charge in [0.15, 0.2) is 0 Å². The van der Waals surface area contributed by atoms with Crippen molar-refractivity contribution in [3.63, 3.8) is 0 Å². The summed E-state index contributed by atoms with van der Waals surface area (Å²) < 4.78 is 0. The van der Waals surface area contributed by atoms with Crippen LogP contribution in [-0.2, 0) is 0 Å². The molecule has 0 radical (unpaired) electrons. The minimum Gasteiger partial charge on any atom is -0.508 e. The molecule has 0 bridgehead atoms. The van der Waals surface area contributed by atoms with E-state index in [0.29, 0.717) is 5.69 Å². The lowest BCUT2D eigenvalue weighted by molar-refractivity contribution is 0.475. The van der Waals surface area contributed by atoms with Crippen LogP contribution < -0.4 is 11.1 Å². The zero-order chi connectivity index (χ0) is 10.7. The van der Waals surface area contributed by atoms with Crippen LogP contribution >= 0.6 is 0 Å². The van der Waals surface area contributed by atoms with Gasteiger partial charge in [-0.2, -0.15) is 0 Å². The van der Waals surface area contributed by atoms with E-state index in [9.17, 15) is 5.11 Å². The second-order valence-electron chi connectivity index (χ2n) is 3.26. The number of phenolic OH excluding ortho intramolecular Hbond substituents is 1. The summed E-state index contributed by atoms with van der Waals surface area (Å²) in [5.41, 5.74) is 8.11. The number of benzene rings is 2. The van der Waals surface area contributed by atoms with E-state index in [1.54, 1.807) is 18.2 Å². The fourth-order valence-electron chi connectivity index (χ4n) is 1.35. The number of hydrogen-bond donors (Lipinski definition) is 3. The Morgan fingerprint density at radius 1 is 1.00 bits per heavy atom. The van der Waals surface area contributed by atoms with Crippen LogP contribution in [0.25, 0.3) is 0 Å². The van der Waals surface area contributed by atoms with Gasteiger partial charge in [0.1, 0.15) is 5.75 Å². The van der Waals surface area contributed by atoms with Crippen LogP contribution in [0.3, 0.4) is 0 Å². The van der Waals surface area contributed by atoms with E-state index < -0.39 is 0 Å². The molecule has 2 rings (SSSR count). The predicted molar refractivity (Wildman–Crippen MR) is 62.2 cm³/mol. The van der Waals surface area contributed by atoms with Crippen LogP contribution in [0.4, 0.5) is 17.1 Å². The number of nitrogens with one attached hydrogen (secondary N) is 1. The molecule has 0 fully saturated rings. The van der Waals surface area contributed by atoms with Crippen LogP contribution in [0.5, 0.6) is 5.75 Å². The molecule has 0 aromatic heterocycles. The Labute approximate surface area is 88.2 Å². The van der Waals surface area contributed by atoms with Crippen LogP contribution in [-0.4, -0.2) is 5.11 Å². The topological polar surface area (TPSA) is 58.3 Å². The zero-order valence-corrected chi connectivity index (χ0v) is 8.14. The first-order valence-electron chi connectivity index (χ1n) is 4.66. The fraction of sp³-hybridized carbons (Fsp3) is 0. The van der Waals surface area contributed by atoms with Gasteiger partial charge in [-0.1, -0.05) is 18.2 Å². The molecular weight excluding hydrogens is 188 g/mol. The molecule has 2 aromatic carbocycles. The van der Waals surface area contributed by atoms with E-state index in [4.69, 9.17) is 5.73 Å².